The molecule has 4 rings (SSSR count). The van der Waals surface area contributed by atoms with Crippen molar-refractivity contribution in [3.8, 4) is 10.6 Å². The van der Waals surface area contributed by atoms with E-state index in [1.165, 1.54) is 11.3 Å². The van der Waals surface area contributed by atoms with Crippen LogP contribution in [0.3, 0.4) is 0 Å². The van der Waals surface area contributed by atoms with Crippen LogP contribution in [0.5, 0.6) is 0 Å². The van der Waals surface area contributed by atoms with Gasteiger partial charge in [0, 0.05) is 17.1 Å². The molecular weight excluding hydrogens is 353 g/mol. The fourth-order valence-corrected chi connectivity index (χ4v) is 3.87. The second-order valence-electron chi connectivity index (χ2n) is 6.57. The molecule has 1 aliphatic carbocycles. The van der Waals surface area contributed by atoms with Crippen LogP contribution >= 0.6 is 11.3 Å². The monoisotopic (exact) mass is 371 g/mol. The van der Waals surface area contributed by atoms with Crippen molar-refractivity contribution in [2.45, 2.75) is 44.7 Å². The van der Waals surface area contributed by atoms with E-state index in [1.54, 1.807) is 6.20 Å². The van der Waals surface area contributed by atoms with E-state index in [9.17, 15) is 9.18 Å². The van der Waals surface area contributed by atoms with Gasteiger partial charge in [-0.15, -0.1) is 10.2 Å². The minimum absolute atomic E-state index is 0.121. The van der Waals surface area contributed by atoms with Gasteiger partial charge < -0.3 is 0 Å². The summed E-state index contributed by atoms with van der Waals surface area (Å²) < 4.78 is 14.8. The van der Waals surface area contributed by atoms with Crippen LogP contribution in [-0.2, 0) is 4.79 Å². The average Bonchev–Trinajstić information content (AvgIpc) is 3.08. The molecule has 3 aromatic rings. The van der Waals surface area contributed by atoms with Crippen LogP contribution in [0.2, 0.25) is 0 Å². The normalized spacial score (nSPS) is 16.5. The summed E-state index contributed by atoms with van der Waals surface area (Å²) in [6.07, 6.45) is 4.57. The van der Waals surface area contributed by atoms with Gasteiger partial charge in [-0.1, -0.05) is 29.9 Å². The van der Waals surface area contributed by atoms with Gasteiger partial charge in [-0.25, -0.2) is 14.4 Å². The Hall–Kier alpha value is -2.48. The summed E-state index contributed by atoms with van der Waals surface area (Å²) in [5, 5.41) is 13.2. The molecule has 1 N–H and O–H groups in total. The Morgan fingerprint density at radius 2 is 2.04 bits per heavy atom. The third-order valence-corrected chi connectivity index (χ3v) is 5.52. The molecule has 0 unspecified atom stereocenters. The largest absolute Gasteiger partial charge is 0.292 e. The number of fused-ring (bicyclic) bond motifs is 1. The highest BCUT2D eigenvalue weighted by molar-refractivity contribution is 7.14. The lowest BCUT2D eigenvalue weighted by molar-refractivity contribution is -0.129. The SMILES string of the molecule is Cc1nnc(-c2ccc3cnc(NC(=O)C4(F)CCCCC4)nc3c2)s1. The molecule has 2 heterocycles. The first-order chi connectivity index (χ1) is 12.5. The molecular formula is C18H18FN5OS. The van der Waals surface area contributed by atoms with Gasteiger partial charge in [-0.2, -0.15) is 0 Å². The number of nitrogens with zero attached hydrogens (tertiary/aromatic N) is 4. The third kappa shape index (κ3) is 3.29. The molecule has 1 saturated carbocycles. The Morgan fingerprint density at radius 3 is 2.77 bits per heavy atom. The first-order valence-corrected chi connectivity index (χ1v) is 9.43. The number of halogens is 1. The molecule has 1 amide bonds. The molecule has 1 fully saturated rings. The third-order valence-electron chi connectivity index (χ3n) is 4.63. The van der Waals surface area contributed by atoms with E-state index in [2.05, 4.69) is 25.5 Å². The molecule has 0 atom stereocenters. The maximum absolute atomic E-state index is 14.8. The van der Waals surface area contributed by atoms with Crippen molar-refractivity contribution in [2.75, 3.05) is 5.32 Å². The van der Waals surface area contributed by atoms with Crippen molar-refractivity contribution < 1.29 is 9.18 Å². The Balaban J connectivity index is 1.61. The Morgan fingerprint density at radius 1 is 1.23 bits per heavy atom. The number of hydrogen-bond donors (Lipinski definition) is 1. The number of aryl methyl sites for hydroxylation is 1. The Labute approximate surface area is 153 Å². The van der Waals surface area contributed by atoms with E-state index in [1.807, 2.05) is 25.1 Å². The molecule has 0 spiro atoms. The molecule has 1 aromatic carbocycles. The predicted octanol–water partition coefficient (Wildman–Crippen LogP) is 4.07. The number of aromatic nitrogens is 4. The van der Waals surface area contributed by atoms with Crippen molar-refractivity contribution in [1.82, 2.24) is 20.2 Å². The van der Waals surface area contributed by atoms with Crippen LogP contribution in [0.4, 0.5) is 10.3 Å². The van der Waals surface area contributed by atoms with Gasteiger partial charge in [-0.3, -0.25) is 10.1 Å². The number of alkyl halides is 1. The van der Waals surface area contributed by atoms with Crippen molar-refractivity contribution in [2.24, 2.45) is 0 Å². The molecule has 8 heteroatoms. The fraction of sp³-hybridized carbons (Fsp3) is 0.389. The highest BCUT2D eigenvalue weighted by Crippen LogP contribution is 2.33. The number of carbonyl (C=O) groups excluding carboxylic acids is 1. The van der Waals surface area contributed by atoms with Gasteiger partial charge >= 0.3 is 0 Å². The van der Waals surface area contributed by atoms with E-state index in [4.69, 9.17) is 0 Å². The molecule has 26 heavy (non-hydrogen) atoms. The topological polar surface area (TPSA) is 80.7 Å². The van der Waals surface area contributed by atoms with E-state index in [0.29, 0.717) is 5.52 Å². The lowest BCUT2D eigenvalue weighted by Gasteiger charge is -2.27. The number of benzene rings is 1. The number of anilines is 1. The summed E-state index contributed by atoms with van der Waals surface area (Å²) in [5.74, 6) is -0.525. The van der Waals surface area contributed by atoms with Crippen LogP contribution in [-0.4, -0.2) is 31.7 Å². The standard InChI is InChI=1S/C18H18FN5OS/c1-11-23-24-15(26-11)12-5-6-13-10-20-17(21-14(13)9-12)22-16(25)18(19)7-3-2-4-8-18/h5-6,9-10H,2-4,7-8H2,1H3,(H,20,21,22,25). The minimum Gasteiger partial charge on any atom is -0.292 e. The maximum Gasteiger partial charge on any atom is 0.264 e. The summed E-state index contributed by atoms with van der Waals surface area (Å²) in [6.45, 7) is 1.90. The first-order valence-electron chi connectivity index (χ1n) is 8.61. The van der Waals surface area contributed by atoms with Crippen LogP contribution in [0.25, 0.3) is 21.5 Å². The van der Waals surface area contributed by atoms with E-state index in [0.717, 1.165) is 40.2 Å². The molecule has 0 bridgehead atoms. The van der Waals surface area contributed by atoms with E-state index in [-0.39, 0.29) is 18.8 Å². The Kier molecular flexibility index (Phi) is 4.36. The summed E-state index contributed by atoms with van der Waals surface area (Å²) >= 11 is 1.50. The number of rotatable bonds is 3. The zero-order valence-corrected chi connectivity index (χ0v) is 15.1. The zero-order valence-electron chi connectivity index (χ0n) is 14.3. The first kappa shape index (κ1) is 17.0. The van der Waals surface area contributed by atoms with Gasteiger partial charge in [0.1, 0.15) is 10.0 Å². The molecule has 0 saturated heterocycles. The average molecular weight is 371 g/mol. The maximum atomic E-state index is 14.8. The number of nitrogens with one attached hydrogen (secondary N) is 1. The molecule has 0 aliphatic heterocycles. The highest BCUT2D eigenvalue weighted by Gasteiger charge is 2.39. The summed E-state index contributed by atoms with van der Waals surface area (Å²) in [4.78, 5) is 20.9. The van der Waals surface area contributed by atoms with Gasteiger partial charge in [0.25, 0.3) is 5.91 Å². The van der Waals surface area contributed by atoms with Gasteiger partial charge in [-0.05, 0) is 38.7 Å². The summed E-state index contributed by atoms with van der Waals surface area (Å²) in [7, 11) is 0. The van der Waals surface area contributed by atoms with Crippen molar-refractivity contribution >= 4 is 34.1 Å². The van der Waals surface area contributed by atoms with Crippen molar-refractivity contribution in [3.05, 3.63) is 29.4 Å². The molecule has 1 aliphatic rings. The lowest BCUT2D eigenvalue weighted by atomic mass is 9.86. The van der Waals surface area contributed by atoms with Crippen LogP contribution in [0.15, 0.2) is 24.4 Å². The number of amides is 1. The summed E-state index contributed by atoms with van der Waals surface area (Å²) in [6, 6.07) is 5.70. The minimum atomic E-state index is -1.82. The van der Waals surface area contributed by atoms with Gasteiger partial charge in [0.15, 0.2) is 5.67 Å². The second-order valence-corrected chi connectivity index (χ2v) is 7.76. The number of carbonyl (C=O) groups is 1. The van der Waals surface area contributed by atoms with Crippen LogP contribution in [0, 0.1) is 6.92 Å². The second kappa shape index (κ2) is 6.68. The van der Waals surface area contributed by atoms with Crippen molar-refractivity contribution in [1.29, 1.82) is 0 Å². The van der Waals surface area contributed by atoms with Crippen molar-refractivity contribution in [3.63, 3.8) is 0 Å². The lowest BCUT2D eigenvalue weighted by Crippen LogP contribution is -2.40. The zero-order chi connectivity index (χ0) is 18.1. The predicted molar refractivity (Wildman–Crippen MR) is 98.7 cm³/mol. The smallest absolute Gasteiger partial charge is 0.264 e. The van der Waals surface area contributed by atoms with Gasteiger partial charge in [0.2, 0.25) is 5.95 Å². The van der Waals surface area contributed by atoms with Gasteiger partial charge in [0.05, 0.1) is 5.52 Å². The van der Waals surface area contributed by atoms with E-state index < -0.39 is 11.6 Å². The fourth-order valence-electron chi connectivity index (χ4n) is 3.18. The van der Waals surface area contributed by atoms with E-state index >= 15 is 0 Å². The molecule has 6 nitrogen and oxygen atoms in total. The molecule has 2 aromatic heterocycles. The summed E-state index contributed by atoms with van der Waals surface area (Å²) in [5.41, 5.74) is -0.256. The quantitative estimate of drug-likeness (QED) is 0.751. The Bertz CT molecular complexity index is 967. The molecule has 0 radical (unpaired) electrons. The number of hydrogen-bond acceptors (Lipinski definition) is 6. The highest BCUT2D eigenvalue weighted by atomic mass is 32.1. The van der Waals surface area contributed by atoms with Crippen LogP contribution < -0.4 is 5.32 Å². The van der Waals surface area contributed by atoms with Crippen LogP contribution in [0.1, 0.15) is 37.1 Å². The molecule has 134 valence electrons.